The van der Waals surface area contributed by atoms with Crippen LogP contribution in [0, 0.1) is 0 Å². The molecule has 0 aliphatic rings. The molecule has 0 bridgehead atoms. The molecule has 0 atom stereocenters. The average Bonchev–Trinajstić information content (AvgIpc) is 2.36. The van der Waals surface area contributed by atoms with Gasteiger partial charge in [-0.2, -0.15) is 11.8 Å². The molecule has 0 spiro atoms. The second kappa shape index (κ2) is 8.14. The topological polar surface area (TPSA) is 52.3 Å². The molecule has 0 saturated heterocycles. The first kappa shape index (κ1) is 14.1. The molecule has 0 unspecified atom stereocenters. The van der Waals surface area contributed by atoms with E-state index in [9.17, 15) is 4.79 Å². The highest BCUT2D eigenvalue weighted by Gasteiger charge is 2.07. The summed E-state index contributed by atoms with van der Waals surface area (Å²) in [6.07, 6.45) is 1.38. The van der Waals surface area contributed by atoms with Crippen molar-refractivity contribution in [3.8, 4) is 0 Å². The monoisotopic (exact) mass is 253 g/mol. The maximum atomic E-state index is 11.3. The Hall–Kier alpha value is -1.00. The molecule has 0 radical (unpaired) electrons. The van der Waals surface area contributed by atoms with Gasteiger partial charge in [-0.15, -0.1) is 0 Å². The van der Waals surface area contributed by atoms with Crippen molar-refractivity contribution in [2.45, 2.75) is 18.6 Å². The third-order valence-electron chi connectivity index (χ3n) is 2.43. The van der Waals surface area contributed by atoms with Gasteiger partial charge in [0.2, 0.25) is 0 Å². The minimum atomic E-state index is -0.190. The van der Waals surface area contributed by atoms with Gasteiger partial charge in [0.05, 0.1) is 13.5 Å². The molecule has 1 aromatic rings. The van der Waals surface area contributed by atoms with Crippen LogP contribution in [0.15, 0.2) is 24.3 Å². The molecular formula is C13H19NO2S. The van der Waals surface area contributed by atoms with E-state index < -0.39 is 0 Å². The second-order valence-corrected chi connectivity index (χ2v) is 4.82. The molecule has 17 heavy (non-hydrogen) atoms. The lowest BCUT2D eigenvalue weighted by atomic mass is 10.1. The molecule has 3 nitrogen and oxygen atoms in total. The maximum absolute atomic E-state index is 11.3. The fraction of sp³-hybridized carbons (Fsp3) is 0.462. The zero-order valence-corrected chi connectivity index (χ0v) is 11.0. The predicted octanol–water partition coefficient (Wildman–Crippen LogP) is 1.98. The van der Waals surface area contributed by atoms with Gasteiger partial charge in [0.25, 0.3) is 0 Å². The van der Waals surface area contributed by atoms with Crippen LogP contribution in [0.2, 0.25) is 0 Å². The van der Waals surface area contributed by atoms with Crippen molar-refractivity contribution >= 4 is 17.7 Å². The van der Waals surface area contributed by atoms with Crippen molar-refractivity contribution in [2.24, 2.45) is 5.73 Å². The molecule has 0 amide bonds. The van der Waals surface area contributed by atoms with Crippen LogP contribution in [0.4, 0.5) is 0 Å². The van der Waals surface area contributed by atoms with Crippen LogP contribution in [0.3, 0.4) is 0 Å². The lowest BCUT2D eigenvalue weighted by molar-refractivity contribution is -0.139. The highest BCUT2D eigenvalue weighted by atomic mass is 32.2. The molecule has 0 heterocycles. The largest absolute Gasteiger partial charge is 0.469 e. The van der Waals surface area contributed by atoms with Crippen molar-refractivity contribution in [3.05, 3.63) is 35.4 Å². The Kier molecular flexibility index (Phi) is 6.74. The highest BCUT2D eigenvalue weighted by Crippen LogP contribution is 2.17. The molecule has 0 fully saturated rings. The van der Waals surface area contributed by atoms with E-state index in [2.05, 4.69) is 10.8 Å². The molecule has 0 aromatic heterocycles. The van der Waals surface area contributed by atoms with Gasteiger partial charge in [-0.25, -0.2) is 0 Å². The van der Waals surface area contributed by atoms with E-state index >= 15 is 0 Å². The van der Waals surface area contributed by atoms with Gasteiger partial charge in [0.15, 0.2) is 0 Å². The Morgan fingerprint density at radius 2 is 2.06 bits per heavy atom. The van der Waals surface area contributed by atoms with Crippen molar-refractivity contribution in [2.75, 3.05) is 19.4 Å². The van der Waals surface area contributed by atoms with E-state index in [0.29, 0.717) is 6.42 Å². The summed E-state index contributed by atoms with van der Waals surface area (Å²) in [5.41, 5.74) is 7.71. The van der Waals surface area contributed by atoms with Crippen LogP contribution >= 0.6 is 11.8 Å². The number of thioether (sulfide) groups is 1. The molecule has 0 saturated carbocycles. The zero-order chi connectivity index (χ0) is 12.5. The predicted molar refractivity (Wildman–Crippen MR) is 72.0 cm³/mol. The lowest BCUT2D eigenvalue weighted by Gasteiger charge is -2.08. The quantitative estimate of drug-likeness (QED) is 0.596. The molecule has 94 valence electrons. The van der Waals surface area contributed by atoms with Gasteiger partial charge in [0.1, 0.15) is 0 Å². The number of methoxy groups -OCH3 is 1. The molecule has 0 aliphatic carbocycles. The number of benzene rings is 1. The van der Waals surface area contributed by atoms with E-state index in [1.807, 2.05) is 30.0 Å². The smallest absolute Gasteiger partial charge is 0.309 e. The summed E-state index contributed by atoms with van der Waals surface area (Å²) in [6, 6.07) is 8.00. The summed E-state index contributed by atoms with van der Waals surface area (Å²) in [5, 5.41) is 0. The van der Waals surface area contributed by atoms with Crippen LogP contribution in [-0.4, -0.2) is 25.4 Å². The Bertz CT molecular complexity index is 355. The number of hydrogen-bond acceptors (Lipinski definition) is 4. The SMILES string of the molecule is COC(=O)Cc1ccccc1CSCCCN. The molecule has 1 rings (SSSR count). The highest BCUT2D eigenvalue weighted by molar-refractivity contribution is 7.98. The summed E-state index contributed by atoms with van der Waals surface area (Å²) in [7, 11) is 1.42. The third-order valence-corrected chi connectivity index (χ3v) is 3.52. The number of carbonyl (C=O) groups excluding carboxylic acids is 1. The first-order chi connectivity index (χ1) is 8.27. The van der Waals surface area contributed by atoms with Crippen LogP contribution in [-0.2, 0) is 21.7 Å². The number of esters is 1. The van der Waals surface area contributed by atoms with Crippen molar-refractivity contribution in [1.82, 2.24) is 0 Å². The van der Waals surface area contributed by atoms with Gasteiger partial charge in [0, 0.05) is 5.75 Å². The molecule has 0 aliphatic heterocycles. The van der Waals surface area contributed by atoms with E-state index in [1.54, 1.807) is 0 Å². The summed E-state index contributed by atoms with van der Waals surface area (Å²) in [4.78, 5) is 11.3. The second-order valence-electron chi connectivity index (χ2n) is 3.72. The standard InChI is InChI=1S/C13H19NO2S/c1-16-13(15)9-11-5-2-3-6-12(11)10-17-8-4-7-14/h2-3,5-6H,4,7-10,14H2,1H3. The van der Waals surface area contributed by atoms with Crippen LogP contribution in [0.25, 0.3) is 0 Å². The van der Waals surface area contributed by atoms with Gasteiger partial charge in [-0.1, -0.05) is 24.3 Å². The molecule has 4 heteroatoms. The Labute approximate surface area is 107 Å². The zero-order valence-electron chi connectivity index (χ0n) is 10.1. The third kappa shape index (κ3) is 5.24. The fourth-order valence-electron chi connectivity index (χ4n) is 1.47. The van der Waals surface area contributed by atoms with E-state index in [0.717, 1.165) is 30.0 Å². The van der Waals surface area contributed by atoms with Gasteiger partial charge in [-0.3, -0.25) is 4.79 Å². The summed E-state index contributed by atoms with van der Waals surface area (Å²) < 4.78 is 4.69. The first-order valence-electron chi connectivity index (χ1n) is 5.69. The normalized spacial score (nSPS) is 10.2. The van der Waals surface area contributed by atoms with Crippen molar-refractivity contribution in [3.63, 3.8) is 0 Å². The minimum absolute atomic E-state index is 0.190. The number of nitrogens with two attached hydrogens (primary N) is 1. The summed E-state index contributed by atoms with van der Waals surface area (Å²) in [6.45, 7) is 0.733. The lowest BCUT2D eigenvalue weighted by Crippen LogP contribution is -2.06. The van der Waals surface area contributed by atoms with Crippen LogP contribution in [0.5, 0.6) is 0 Å². The van der Waals surface area contributed by atoms with Crippen LogP contribution in [0.1, 0.15) is 17.5 Å². The van der Waals surface area contributed by atoms with Crippen molar-refractivity contribution < 1.29 is 9.53 Å². The summed E-state index contributed by atoms with van der Waals surface area (Å²) in [5.74, 6) is 1.79. The average molecular weight is 253 g/mol. The van der Waals surface area contributed by atoms with Gasteiger partial charge in [-0.05, 0) is 29.8 Å². The number of rotatable bonds is 7. The van der Waals surface area contributed by atoms with Gasteiger partial charge < -0.3 is 10.5 Å². The number of carbonyl (C=O) groups is 1. The Morgan fingerprint density at radius 1 is 1.35 bits per heavy atom. The first-order valence-corrected chi connectivity index (χ1v) is 6.84. The fourth-order valence-corrected chi connectivity index (χ4v) is 2.48. The van der Waals surface area contributed by atoms with E-state index in [-0.39, 0.29) is 5.97 Å². The van der Waals surface area contributed by atoms with E-state index in [1.165, 1.54) is 12.7 Å². The van der Waals surface area contributed by atoms with Gasteiger partial charge >= 0.3 is 5.97 Å². The molecular weight excluding hydrogens is 234 g/mol. The summed E-state index contributed by atoms with van der Waals surface area (Å²) >= 11 is 1.85. The number of hydrogen-bond donors (Lipinski definition) is 1. The van der Waals surface area contributed by atoms with Crippen LogP contribution < -0.4 is 5.73 Å². The number of ether oxygens (including phenoxy) is 1. The molecule has 2 N–H and O–H groups in total. The Morgan fingerprint density at radius 3 is 2.71 bits per heavy atom. The minimum Gasteiger partial charge on any atom is -0.469 e. The molecule has 1 aromatic carbocycles. The Balaban J connectivity index is 2.54. The van der Waals surface area contributed by atoms with E-state index in [4.69, 9.17) is 5.73 Å². The maximum Gasteiger partial charge on any atom is 0.309 e. The van der Waals surface area contributed by atoms with Crippen molar-refractivity contribution in [1.29, 1.82) is 0 Å².